The van der Waals surface area contributed by atoms with E-state index in [0.29, 0.717) is 41.3 Å². The Kier molecular flexibility index (Phi) is 12.5. The molecule has 14 heteroatoms. The smallest absolute Gasteiger partial charge is 0.336 e. The van der Waals surface area contributed by atoms with Crippen LogP contribution in [0.15, 0.2) is 83.1 Å². The molecule has 1 heterocycles. The van der Waals surface area contributed by atoms with Crippen molar-refractivity contribution in [3.05, 3.63) is 95.0 Å². The summed E-state index contributed by atoms with van der Waals surface area (Å²) in [4.78, 5) is 17.9. The minimum atomic E-state index is -3.38. The molecular formula is C32H37N2O9PS2. The number of thiazole rings is 1. The number of hydrogen-bond acceptors (Lipinski definition) is 11. The highest BCUT2D eigenvalue weighted by Gasteiger charge is 2.26. The van der Waals surface area contributed by atoms with E-state index in [2.05, 4.69) is 10.3 Å². The van der Waals surface area contributed by atoms with Gasteiger partial charge in [0.15, 0.2) is 15.0 Å². The van der Waals surface area contributed by atoms with Gasteiger partial charge in [-0.05, 0) is 62.7 Å². The van der Waals surface area contributed by atoms with Crippen molar-refractivity contribution in [2.24, 2.45) is 0 Å². The molecule has 1 N–H and O–H groups in total. The van der Waals surface area contributed by atoms with Crippen molar-refractivity contribution >= 4 is 39.8 Å². The first-order valence-corrected chi connectivity index (χ1v) is 19.0. The molecular weight excluding hydrogens is 651 g/mol. The lowest BCUT2D eigenvalue weighted by Crippen LogP contribution is -2.19. The summed E-state index contributed by atoms with van der Waals surface area (Å²) in [5.41, 5.74) is 1.73. The molecule has 0 radical (unpaired) electrons. The van der Waals surface area contributed by atoms with E-state index >= 15 is 0 Å². The molecule has 0 bridgehead atoms. The Morgan fingerprint density at radius 1 is 0.957 bits per heavy atom. The summed E-state index contributed by atoms with van der Waals surface area (Å²) in [6.07, 6.45) is 0.739. The van der Waals surface area contributed by atoms with Crippen molar-refractivity contribution in [1.82, 2.24) is 4.98 Å². The molecule has 0 unspecified atom stereocenters. The van der Waals surface area contributed by atoms with Crippen molar-refractivity contribution in [2.75, 3.05) is 31.4 Å². The fourth-order valence-corrected chi connectivity index (χ4v) is 7.29. The van der Waals surface area contributed by atoms with Crippen LogP contribution < -0.4 is 14.8 Å². The molecule has 0 spiro atoms. The van der Waals surface area contributed by atoms with Crippen LogP contribution in [-0.2, 0) is 41.0 Å². The Labute approximate surface area is 273 Å². The second-order valence-corrected chi connectivity index (χ2v) is 15.1. The molecule has 46 heavy (non-hydrogen) atoms. The maximum atomic E-state index is 13.4. The molecule has 0 aliphatic carbocycles. The third-order valence-electron chi connectivity index (χ3n) is 6.21. The standard InChI is InChI=1S/C32H37N2O9PS2/c1-5-40-44(36,41-6-2)21-26-22-45-32(33-26)34-31(35)25-16-28(42-23(3)19-39-20-24-10-8-7-9-11-24)18-29(17-25)43-27-12-14-30(15-13-27)46(4,37)38/h7-18,22-23H,5-6,19-21H2,1-4H3,(H,33,34,35)/t23-/m0/s1. The minimum Gasteiger partial charge on any atom is -0.488 e. The number of nitrogens with zero attached hydrogens (tertiary/aromatic N) is 1. The predicted octanol–water partition coefficient (Wildman–Crippen LogP) is 7.34. The van der Waals surface area contributed by atoms with E-state index in [1.807, 2.05) is 37.3 Å². The van der Waals surface area contributed by atoms with Gasteiger partial charge in [0.25, 0.3) is 5.91 Å². The maximum absolute atomic E-state index is 13.4. The normalized spacial score (nSPS) is 12.4. The van der Waals surface area contributed by atoms with Crippen LogP contribution in [0.3, 0.4) is 0 Å². The van der Waals surface area contributed by atoms with E-state index < -0.39 is 23.3 Å². The zero-order valence-electron chi connectivity index (χ0n) is 26.0. The fraction of sp³-hybridized carbons (Fsp3) is 0.312. The Hall–Kier alpha value is -3.58. The SMILES string of the molecule is CCOP(=O)(Cc1csc(NC(=O)c2cc(Oc3ccc(S(C)(=O)=O)cc3)cc(O[C@@H](C)COCc3ccccc3)c2)n1)OCC. The van der Waals surface area contributed by atoms with Crippen LogP contribution in [0.4, 0.5) is 5.13 Å². The second kappa shape index (κ2) is 16.3. The van der Waals surface area contributed by atoms with Gasteiger partial charge in [-0.3, -0.25) is 14.7 Å². The lowest BCUT2D eigenvalue weighted by atomic mass is 10.2. The summed E-state index contributed by atoms with van der Waals surface area (Å²) in [6.45, 7) is 6.50. The topological polar surface area (TPSA) is 139 Å². The van der Waals surface area contributed by atoms with E-state index in [0.717, 1.165) is 11.8 Å². The first kappa shape index (κ1) is 35.3. The van der Waals surface area contributed by atoms with Crippen molar-refractivity contribution < 1.29 is 41.0 Å². The van der Waals surface area contributed by atoms with E-state index in [1.165, 1.54) is 41.7 Å². The van der Waals surface area contributed by atoms with Crippen LogP contribution in [0.25, 0.3) is 0 Å². The van der Waals surface area contributed by atoms with Crippen LogP contribution in [0.2, 0.25) is 0 Å². The van der Waals surface area contributed by atoms with Gasteiger partial charge in [-0.1, -0.05) is 30.3 Å². The van der Waals surface area contributed by atoms with Gasteiger partial charge in [0.1, 0.15) is 23.4 Å². The van der Waals surface area contributed by atoms with Gasteiger partial charge in [0, 0.05) is 23.3 Å². The number of anilines is 1. The molecule has 1 atom stereocenters. The monoisotopic (exact) mass is 688 g/mol. The number of sulfone groups is 1. The lowest BCUT2D eigenvalue weighted by molar-refractivity contribution is 0.0492. The molecule has 4 aromatic rings. The van der Waals surface area contributed by atoms with Gasteiger partial charge < -0.3 is 23.3 Å². The van der Waals surface area contributed by atoms with E-state index in [-0.39, 0.29) is 35.9 Å². The second-order valence-electron chi connectivity index (χ2n) is 10.2. The quantitative estimate of drug-likeness (QED) is 0.112. The van der Waals surface area contributed by atoms with Crippen LogP contribution in [-0.4, -0.2) is 51.5 Å². The van der Waals surface area contributed by atoms with Crippen molar-refractivity contribution in [3.63, 3.8) is 0 Å². The molecule has 0 aliphatic rings. The molecule has 0 saturated carbocycles. The first-order chi connectivity index (χ1) is 22.0. The van der Waals surface area contributed by atoms with Crippen molar-refractivity contribution in [1.29, 1.82) is 0 Å². The summed E-state index contributed by atoms with van der Waals surface area (Å²) in [6, 6.07) is 20.5. The molecule has 1 aromatic heterocycles. The van der Waals surface area contributed by atoms with Crippen LogP contribution >= 0.6 is 18.9 Å². The third-order valence-corrected chi connectivity index (χ3v) is 10.2. The summed E-state index contributed by atoms with van der Waals surface area (Å²) in [5, 5.41) is 4.76. The fourth-order valence-electron chi connectivity index (χ4n) is 4.23. The molecule has 1 amide bonds. The number of carbonyl (C=O) groups excluding carboxylic acids is 1. The Morgan fingerprint density at radius 3 is 2.28 bits per heavy atom. The third kappa shape index (κ3) is 10.8. The number of benzene rings is 3. The number of amides is 1. The zero-order valence-corrected chi connectivity index (χ0v) is 28.5. The number of hydrogen-bond donors (Lipinski definition) is 1. The van der Waals surface area contributed by atoms with Crippen molar-refractivity contribution in [2.45, 2.75) is 44.5 Å². The Morgan fingerprint density at radius 2 is 1.63 bits per heavy atom. The van der Waals surface area contributed by atoms with Gasteiger partial charge in [0.05, 0.1) is 43.2 Å². The minimum absolute atomic E-state index is 0.0231. The molecule has 0 fully saturated rings. The van der Waals surface area contributed by atoms with Gasteiger partial charge in [-0.2, -0.15) is 0 Å². The van der Waals surface area contributed by atoms with Crippen molar-refractivity contribution in [3.8, 4) is 17.2 Å². The van der Waals surface area contributed by atoms with E-state index in [9.17, 15) is 17.8 Å². The summed E-state index contributed by atoms with van der Waals surface area (Å²) in [5.74, 6) is 0.545. The Bertz CT molecular complexity index is 1740. The highest BCUT2D eigenvalue weighted by molar-refractivity contribution is 7.90. The number of carbonyl (C=O) groups is 1. The molecule has 0 saturated heterocycles. The lowest BCUT2D eigenvalue weighted by Gasteiger charge is -2.17. The van der Waals surface area contributed by atoms with Gasteiger partial charge in [0.2, 0.25) is 0 Å². The average Bonchev–Trinajstić information content (AvgIpc) is 3.43. The van der Waals surface area contributed by atoms with E-state index in [4.69, 9.17) is 23.3 Å². The van der Waals surface area contributed by atoms with Gasteiger partial charge in [-0.15, -0.1) is 11.3 Å². The number of ether oxygens (including phenoxy) is 3. The number of rotatable bonds is 17. The predicted molar refractivity (Wildman–Crippen MR) is 177 cm³/mol. The van der Waals surface area contributed by atoms with Crippen LogP contribution in [0.1, 0.15) is 42.4 Å². The maximum Gasteiger partial charge on any atom is 0.336 e. The van der Waals surface area contributed by atoms with Gasteiger partial charge in [-0.25, -0.2) is 13.4 Å². The molecule has 4 rings (SSSR count). The number of nitrogens with one attached hydrogen (secondary N) is 1. The molecule has 11 nitrogen and oxygen atoms in total. The largest absolute Gasteiger partial charge is 0.488 e. The highest BCUT2D eigenvalue weighted by Crippen LogP contribution is 2.51. The average molecular weight is 689 g/mol. The Balaban J connectivity index is 1.51. The number of aromatic nitrogens is 1. The molecule has 246 valence electrons. The van der Waals surface area contributed by atoms with Crippen LogP contribution in [0.5, 0.6) is 17.2 Å². The first-order valence-electron chi connectivity index (χ1n) is 14.5. The molecule has 0 aliphatic heterocycles. The molecule has 3 aromatic carbocycles. The highest BCUT2D eigenvalue weighted by atomic mass is 32.2. The van der Waals surface area contributed by atoms with Gasteiger partial charge >= 0.3 is 7.60 Å². The summed E-state index contributed by atoms with van der Waals surface area (Å²) >= 11 is 1.18. The summed E-state index contributed by atoms with van der Waals surface area (Å²) < 4.78 is 65.3. The van der Waals surface area contributed by atoms with E-state index in [1.54, 1.807) is 31.4 Å². The summed E-state index contributed by atoms with van der Waals surface area (Å²) in [7, 11) is -6.74. The zero-order chi connectivity index (χ0) is 33.2. The van der Waals surface area contributed by atoms with Crippen LogP contribution in [0, 0.1) is 0 Å².